The van der Waals surface area contributed by atoms with Crippen LogP contribution in [-0.2, 0) is 4.79 Å². The monoisotopic (exact) mass is 310 g/mol. The summed E-state index contributed by atoms with van der Waals surface area (Å²) in [6.45, 7) is 4.21. The Morgan fingerprint density at radius 3 is 2.64 bits per heavy atom. The predicted molar refractivity (Wildman–Crippen MR) is 91.3 cm³/mol. The summed E-state index contributed by atoms with van der Waals surface area (Å²) in [6.07, 6.45) is 1.98. The molecular weight excluding hydrogens is 296 g/mol. The van der Waals surface area contributed by atoms with E-state index in [0.29, 0.717) is 11.6 Å². The summed E-state index contributed by atoms with van der Waals surface area (Å²) >= 11 is 5.93. The predicted octanol–water partition coefficient (Wildman–Crippen LogP) is 4.38. The van der Waals surface area contributed by atoms with Gasteiger partial charge in [-0.3, -0.25) is 9.79 Å². The second-order valence-corrected chi connectivity index (χ2v) is 5.46. The van der Waals surface area contributed by atoms with Crippen molar-refractivity contribution >= 4 is 34.6 Å². The highest BCUT2D eigenvalue weighted by Gasteiger charge is 2.23. The van der Waals surface area contributed by atoms with E-state index in [0.717, 1.165) is 22.6 Å². The van der Waals surface area contributed by atoms with E-state index >= 15 is 0 Å². The summed E-state index contributed by atoms with van der Waals surface area (Å²) in [4.78, 5) is 19.0. The molecule has 2 aromatic carbocycles. The number of aliphatic imine (C=N–C) groups is 1. The van der Waals surface area contributed by atoms with Crippen LogP contribution >= 0.6 is 11.6 Å². The number of hydrogen-bond donors (Lipinski definition) is 0. The minimum Gasteiger partial charge on any atom is -0.306 e. The SMILES string of the molecule is C=CCN1C(=O)CC(c2ccc(Cl)cc2)=Nc2ccccc21. The van der Waals surface area contributed by atoms with Crippen molar-refractivity contribution in [1.82, 2.24) is 0 Å². The van der Waals surface area contributed by atoms with Crippen LogP contribution in [0.15, 0.2) is 66.2 Å². The van der Waals surface area contributed by atoms with Crippen LogP contribution in [0.25, 0.3) is 0 Å². The molecular formula is C18H15ClN2O. The van der Waals surface area contributed by atoms with Gasteiger partial charge in [0.05, 0.1) is 23.5 Å². The van der Waals surface area contributed by atoms with Gasteiger partial charge in [-0.2, -0.15) is 0 Å². The summed E-state index contributed by atoms with van der Waals surface area (Å²) in [5.41, 5.74) is 3.27. The highest BCUT2D eigenvalue weighted by atomic mass is 35.5. The molecule has 0 fully saturated rings. The molecule has 0 aliphatic carbocycles. The first-order valence-electron chi connectivity index (χ1n) is 7.03. The van der Waals surface area contributed by atoms with Gasteiger partial charge in [-0.25, -0.2) is 0 Å². The van der Waals surface area contributed by atoms with Crippen molar-refractivity contribution in [2.75, 3.05) is 11.4 Å². The molecule has 4 heteroatoms. The number of carbonyl (C=O) groups excluding carboxylic acids is 1. The van der Waals surface area contributed by atoms with E-state index in [-0.39, 0.29) is 12.3 Å². The third-order valence-corrected chi connectivity index (χ3v) is 3.79. The number of fused-ring (bicyclic) bond motifs is 1. The molecule has 0 aromatic heterocycles. The average molecular weight is 311 g/mol. The van der Waals surface area contributed by atoms with Crippen molar-refractivity contribution in [3.05, 3.63) is 71.8 Å². The molecule has 0 saturated heterocycles. The fourth-order valence-corrected chi connectivity index (χ4v) is 2.61. The third kappa shape index (κ3) is 2.81. The van der Waals surface area contributed by atoms with Gasteiger partial charge < -0.3 is 4.90 Å². The Balaban J connectivity index is 2.09. The number of halogens is 1. The molecule has 110 valence electrons. The van der Waals surface area contributed by atoms with Gasteiger partial charge in [-0.15, -0.1) is 6.58 Å². The van der Waals surface area contributed by atoms with Crippen molar-refractivity contribution < 1.29 is 4.79 Å². The van der Waals surface area contributed by atoms with E-state index in [1.165, 1.54) is 0 Å². The lowest BCUT2D eigenvalue weighted by atomic mass is 10.1. The number of rotatable bonds is 3. The van der Waals surface area contributed by atoms with Gasteiger partial charge in [-0.05, 0) is 29.8 Å². The van der Waals surface area contributed by atoms with Gasteiger partial charge in [0.2, 0.25) is 5.91 Å². The molecule has 1 aliphatic heterocycles. The largest absolute Gasteiger partial charge is 0.306 e. The number of carbonyl (C=O) groups is 1. The summed E-state index contributed by atoms with van der Waals surface area (Å²) in [6, 6.07) is 15.0. The van der Waals surface area contributed by atoms with Gasteiger partial charge in [0, 0.05) is 11.6 Å². The molecule has 3 nitrogen and oxygen atoms in total. The Bertz CT molecular complexity index is 750. The fourth-order valence-electron chi connectivity index (χ4n) is 2.48. The standard InChI is InChI=1S/C18H15ClN2O/c1-2-11-21-17-6-4-3-5-15(17)20-16(12-18(21)22)13-7-9-14(19)10-8-13/h2-10H,1,11-12H2. The first kappa shape index (κ1) is 14.5. The van der Waals surface area contributed by atoms with Crippen molar-refractivity contribution in [2.45, 2.75) is 6.42 Å². The Morgan fingerprint density at radius 1 is 1.18 bits per heavy atom. The molecule has 0 radical (unpaired) electrons. The van der Waals surface area contributed by atoms with Crippen LogP contribution in [0.3, 0.4) is 0 Å². The van der Waals surface area contributed by atoms with Gasteiger partial charge in [0.25, 0.3) is 0 Å². The summed E-state index contributed by atoms with van der Waals surface area (Å²) in [5, 5.41) is 0.665. The van der Waals surface area contributed by atoms with Crippen LogP contribution in [0.2, 0.25) is 5.02 Å². The number of hydrogen-bond acceptors (Lipinski definition) is 2. The molecule has 1 heterocycles. The first-order valence-corrected chi connectivity index (χ1v) is 7.40. The van der Waals surface area contributed by atoms with Crippen LogP contribution in [0, 0.1) is 0 Å². The van der Waals surface area contributed by atoms with E-state index in [9.17, 15) is 4.79 Å². The van der Waals surface area contributed by atoms with Crippen molar-refractivity contribution in [2.24, 2.45) is 4.99 Å². The highest BCUT2D eigenvalue weighted by molar-refractivity contribution is 6.30. The van der Waals surface area contributed by atoms with Crippen molar-refractivity contribution in [3.63, 3.8) is 0 Å². The van der Waals surface area contributed by atoms with Gasteiger partial charge in [-0.1, -0.05) is 41.9 Å². The number of amides is 1. The van der Waals surface area contributed by atoms with Gasteiger partial charge in [0.1, 0.15) is 0 Å². The van der Waals surface area contributed by atoms with Crippen molar-refractivity contribution in [3.8, 4) is 0 Å². The normalized spacial score (nSPS) is 14.1. The lowest BCUT2D eigenvalue weighted by molar-refractivity contribution is -0.117. The van der Waals surface area contributed by atoms with Crippen LogP contribution in [0.1, 0.15) is 12.0 Å². The quantitative estimate of drug-likeness (QED) is 0.774. The molecule has 22 heavy (non-hydrogen) atoms. The van der Waals surface area contributed by atoms with Crippen LogP contribution < -0.4 is 4.90 Å². The zero-order chi connectivity index (χ0) is 15.5. The molecule has 2 aromatic rings. The molecule has 1 amide bonds. The molecule has 0 bridgehead atoms. The van der Waals surface area contributed by atoms with E-state index < -0.39 is 0 Å². The van der Waals surface area contributed by atoms with E-state index in [1.807, 2.05) is 48.5 Å². The number of benzene rings is 2. The van der Waals surface area contributed by atoms with Crippen molar-refractivity contribution in [1.29, 1.82) is 0 Å². The zero-order valence-corrected chi connectivity index (χ0v) is 12.8. The topological polar surface area (TPSA) is 32.7 Å². The van der Waals surface area contributed by atoms with Crippen LogP contribution in [0.5, 0.6) is 0 Å². The number of anilines is 1. The minimum atomic E-state index is 0.0125. The van der Waals surface area contributed by atoms with E-state index in [4.69, 9.17) is 16.6 Å². The molecule has 0 unspecified atom stereocenters. The Kier molecular flexibility index (Phi) is 4.07. The number of nitrogens with zero attached hydrogens (tertiary/aromatic N) is 2. The smallest absolute Gasteiger partial charge is 0.233 e. The molecule has 3 rings (SSSR count). The van der Waals surface area contributed by atoms with E-state index in [2.05, 4.69) is 6.58 Å². The summed E-state index contributed by atoms with van der Waals surface area (Å²) in [7, 11) is 0. The third-order valence-electron chi connectivity index (χ3n) is 3.54. The Labute approximate surface area is 134 Å². The first-order chi connectivity index (χ1) is 10.7. The molecule has 0 spiro atoms. The van der Waals surface area contributed by atoms with Gasteiger partial charge in [0.15, 0.2) is 0 Å². The Hall–Kier alpha value is -2.39. The molecule has 1 aliphatic rings. The maximum Gasteiger partial charge on any atom is 0.233 e. The molecule has 0 atom stereocenters. The maximum absolute atomic E-state index is 12.6. The molecule has 0 saturated carbocycles. The number of para-hydroxylation sites is 2. The lowest BCUT2D eigenvalue weighted by Gasteiger charge is -2.20. The highest BCUT2D eigenvalue weighted by Crippen LogP contribution is 2.32. The fraction of sp³-hybridized carbons (Fsp3) is 0.111. The van der Waals surface area contributed by atoms with Crippen LogP contribution in [0.4, 0.5) is 11.4 Å². The second-order valence-electron chi connectivity index (χ2n) is 5.02. The minimum absolute atomic E-state index is 0.0125. The van der Waals surface area contributed by atoms with E-state index in [1.54, 1.807) is 11.0 Å². The maximum atomic E-state index is 12.6. The molecule has 0 N–H and O–H groups in total. The van der Waals surface area contributed by atoms with Gasteiger partial charge >= 0.3 is 0 Å². The zero-order valence-electron chi connectivity index (χ0n) is 12.0. The van der Waals surface area contributed by atoms with Crippen LogP contribution in [-0.4, -0.2) is 18.2 Å². The Morgan fingerprint density at radius 2 is 1.91 bits per heavy atom. The average Bonchev–Trinajstić information content (AvgIpc) is 2.66. The second kappa shape index (κ2) is 6.16. The summed E-state index contributed by atoms with van der Waals surface area (Å²) in [5.74, 6) is 0.0125. The summed E-state index contributed by atoms with van der Waals surface area (Å²) < 4.78 is 0. The lowest BCUT2D eigenvalue weighted by Crippen LogP contribution is -2.31.